The fourth-order valence-corrected chi connectivity index (χ4v) is 3.08. The van der Waals surface area contributed by atoms with E-state index in [-0.39, 0.29) is 17.6 Å². The summed E-state index contributed by atoms with van der Waals surface area (Å²) in [4.78, 5) is 24.8. The Morgan fingerprint density at radius 3 is 2.48 bits per heavy atom. The molecule has 7 heteroatoms. The number of hydrogen-bond donors (Lipinski definition) is 2. The Bertz CT molecular complexity index is 821. The number of para-hydroxylation sites is 1. The van der Waals surface area contributed by atoms with E-state index in [0.29, 0.717) is 23.5 Å². The van der Waals surface area contributed by atoms with Crippen LogP contribution >= 0.6 is 27.7 Å². The van der Waals surface area contributed by atoms with Gasteiger partial charge >= 0.3 is 0 Å². The zero-order valence-corrected chi connectivity index (χ0v) is 15.5. The van der Waals surface area contributed by atoms with E-state index in [4.69, 9.17) is 4.74 Å². The molecule has 2 amide bonds. The van der Waals surface area contributed by atoms with Gasteiger partial charge in [0.1, 0.15) is 0 Å². The minimum absolute atomic E-state index is 0.263. The van der Waals surface area contributed by atoms with E-state index >= 15 is 0 Å². The van der Waals surface area contributed by atoms with Crippen LogP contribution in [-0.2, 0) is 9.53 Å². The fraction of sp³-hybridized carbons (Fsp3) is 0.111. The Hall–Kier alpha value is -2.25. The monoisotopic (exact) mass is 418 g/mol. The molecule has 0 bridgehead atoms. The van der Waals surface area contributed by atoms with E-state index in [1.54, 1.807) is 41.8 Å². The molecular formula is C18H15BrN2O3S. The molecule has 2 aromatic rings. The quantitative estimate of drug-likeness (QED) is 0.778. The average Bonchev–Trinajstić information content (AvgIpc) is 2.64. The number of carbonyl (C=O) groups excluding carboxylic acids is 2. The lowest BCUT2D eigenvalue weighted by Gasteiger charge is -2.15. The van der Waals surface area contributed by atoms with E-state index in [0.717, 1.165) is 10.2 Å². The first-order valence-corrected chi connectivity index (χ1v) is 9.39. The van der Waals surface area contributed by atoms with Crippen LogP contribution in [0, 0.1) is 0 Å². The maximum atomic E-state index is 12.6. The summed E-state index contributed by atoms with van der Waals surface area (Å²) < 4.78 is 6.27. The number of nitrogens with one attached hydrogen (secondary N) is 2. The lowest BCUT2D eigenvalue weighted by atomic mass is 10.1. The van der Waals surface area contributed by atoms with E-state index in [1.165, 1.54) is 11.8 Å². The van der Waals surface area contributed by atoms with Gasteiger partial charge in [-0.1, -0.05) is 28.1 Å². The summed E-state index contributed by atoms with van der Waals surface area (Å²) in [6, 6.07) is 14.1. The number of anilines is 2. The highest BCUT2D eigenvalue weighted by molar-refractivity contribution is 9.10. The molecule has 0 radical (unpaired) electrons. The average molecular weight is 419 g/mol. The van der Waals surface area contributed by atoms with Gasteiger partial charge in [-0.25, -0.2) is 0 Å². The van der Waals surface area contributed by atoms with Gasteiger partial charge in [-0.3, -0.25) is 9.59 Å². The van der Waals surface area contributed by atoms with Crippen LogP contribution in [0.4, 0.5) is 11.4 Å². The molecule has 2 N–H and O–H groups in total. The van der Waals surface area contributed by atoms with Crippen LogP contribution in [0.2, 0.25) is 0 Å². The number of carbonyl (C=O) groups is 2. The molecule has 3 rings (SSSR count). The van der Waals surface area contributed by atoms with Crippen LogP contribution in [0.1, 0.15) is 10.4 Å². The van der Waals surface area contributed by atoms with Gasteiger partial charge in [-0.15, -0.1) is 11.8 Å². The summed E-state index contributed by atoms with van der Waals surface area (Å²) in [5.74, 6) is 0.421. The molecule has 0 aliphatic carbocycles. The standard InChI is InChI=1S/C18H15BrN2O3S/c19-12-5-7-13(8-6-12)20-17(22)14-3-1-2-4-15(14)21-18(23)16-11-25-10-9-24-16/h1-8,11H,9-10H2,(H,20,22)(H,21,23). The number of amides is 2. The molecule has 1 aliphatic heterocycles. The molecule has 0 atom stereocenters. The molecular weight excluding hydrogens is 404 g/mol. The van der Waals surface area contributed by atoms with Crippen LogP contribution in [0.15, 0.2) is 64.2 Å². The first-order chi connectivity index (χ1) is 12.1. The highest BCUT2D eigenvalue weighted by Crippen LogP contribution is 2.21. The summed E-state index contributed by atoms with van der Waals surface area (Å²) >= 11 is 4.88. The molecule has 5 nitrogen and oxygen atoms in total. The zero-order chi connectivity index (χ0) is 17.6. The number of rotatable bonds is 4. The molecule has 1 aliphatic rings. The molecule has 25 heavy (non-hydrogen) atoms. The maximum absolute atomic E-state index is 12.6. The second-order valence-corrected chi connectivity index (χ2v) is 7.06. The Morgan fingerprint density at radius 2 is 1.76 bits per heavy atom. The van der Waals surface area contributed by atoms with Crippen molar-refractivity contribution < 1.29 is 14.3 Å². The lowest BCUT2D eigenvalue weighted by molar-refractivity contribution is -0.116. The van der Waals surface area contributed by atoms with E-state index in [9.17, 15) is 9.59 Å². The Morgan fingerprint density at radius 1 is 1.00 bits per heavy atom. The second-order valence-electron chi connectivity index (χ2n) is 5.16. The summed E-state index contributed by atoms with van der Waals surface area (Å²) in [5, 5.41) is 7.24. The first-order valence-electron chi connectivity index (χ1n) is 7.55. The maximum Gasteiger partial charge on any atom is 0.291 e. The molecule has 0 spiro atoms. The molecule has 1 heterocycles. The number of thioether (sulfide) groups is 1. The summed E-state index contributed by atoms with van der Waals surface area (Å²) in [7, 11) is 0. The third-order valence-corrected chi connectivity index (χ3v) is 4.71. The number of ether oxygens (including phenoxy) is 1. The first kappa shape index (κ1) is 17.6. The molecule has 0 fully saturated rings. The van der Waals surface area contributed by atoms with Crippen molar-refractivity contribution in [1.82, 2.24) is 0 Å². The highest BCUT2D eigenvalue weighted by atomic mass is 79.9. The normalized spacial score (nSPS) is 13.4. The van der Waals surface area contributed by atoms with Crippen LogP contribution in [0.5, 0.6) is 0 Å². The third kappa shape index (κ3) is 4.64. The van der Waals surface area contributed by atoms with Gasteiger partial charge in [0.25, 0.3) is 11.8 Å². The molecule has 0 saturated heterocycles. The highest BCUT2D eigenvalue weighted by Gasteiger charge is 2.18. The van der Waals surface area contributed by atoms with Gasteiger partial charge < -0.3 is 15.4 Å². The lowest BCUT2D eigenvalue weighted by Crippen LogP contribution is -2.21. The summed E-state index contributed by atoms with van der Waals surface area (Å²) in [6.45, 7) is 0.496. The van der Waals surface area contributed by atoms with Crippen molar-refractivity contribution >= 4 is 50.9 Å². The van der Waals surface area contributed by atoms with Crippen LogP contribution in [-0.4, -0.2) is 24.2 Å². The van der Waals surface area contributed by atoms with Gasteiger partial charge in [-0.05, 0) is 36.4 Å². The predicted molar refractivity (Wildman–Crippen MR) is 104 cm³/mol. The van der Waals surface area contributed by atoms with Crippen molar-refractivity contribution in [3.63, 3.8) is 0 Å². The molecule has 2 aromatic carbocycles. The van der Waals surface area contributed by atoms with E-state index in [2.05, 4.69) is 26.6 Å². The van der Waals surface area contributed by atoms with Crippen molar-refractivity contribution in [2.75, 3.05) is 23.0 Å². The fourth-order valence-electron chi connectivity index (χ4n) is 2.19. The van der Waals surface area contributed by atoms with Crippen molar-refractivity contribution in [3.8, 4) is 0 Å². The van der Waals surface area contributed by atoms with Gasteiger partial charge in [0.2, 0.25) is 0 Å². The van der Waals surface area contributed by atoms with Crippen LogP contribution < -0.4 is 10.6 Å². The van der Waals surface area contributed by atoms with Crippen molar-refractivity contribution in [2.45, 2.75) is 0 Å². The number of benzene rings is 2. The second kappa shape index (κ2) is 8.22. The van der Waals surface area contributed by atoms with Gasteiger partial charge in [-0.2, -0.15) is 0 Å². The smallest absolute Gasteiger partial charge is 0.291 e. The topological polar surface area (TPSA) is 67.4 Å². The molecule has 0 aromatic heterocycles. The van der Waals surface area contributed by atoms with Crippen molar-refractivity contribution in [1.29, 1.82) is 0 Å². The van der Waals surface area contributed by atoms with Crippen LogP contribution in [0.3, 0.4) is 0 Å². The van der Waals surface area contributed by atoms with Gasteiger partial charge in [0.05, 0.1) is 17.9 Å². The Labute approximate surface area is 158 Å². The van der Waals surface area contributed by atoms with Crippen molar-refractivity contribution in [2.24, 2.45) is 0 Å². The minimum atomic E-state index is -0.365. The minimum Gasteiger partial charge on any atom is -0.487 e. The molecule has 0 unspecified atom stereocenters. The zero-order valence-electron chi connectivity index (χ0n) is 13.1. The van der Waals surface area contributed by atoms with Gasteiger partial charge in [0.15, 0.2) is 5.76 Å². The van der Waals surface area contributed by atoms with Crippen molar-refractivity contribution in [3.05, 3.63) is 69.7 Å². The van der Waals surface area contributed by atoms with Gasteiger partial charge in [0, 0.05) is 21.3 Å². The predicted octanol–water partition coefficient (Wildman–Crippen LogP) is 4.24. The summed E-state index contributed by atoms with van der Waals surface area (Å²) in [6.07, 6.45) is 0. The molecule has 0 saturated carbocycles. The van der Waals surface area contributed by atoms with E-state index in [1.807, 2.05) is 12.1 Å². The number of hydrogen-bond acceptors (Lipinski definition) is 4. The number of halogens is 1. The van der Waals surface area contributed by atoms with Crippen LogP contribution in [0.25, 0.3) is 0 Å². The Kier molecular flexibility index (Phi) is 5.78. The largest absolute Gasteiger partial charge is 0.487 e. The van der Waals surface area contributed by atoms with E-state index < -0.39 is 0 Å². The molecule has 128 valence electrons. The Balaban J connectivity index is 1.75. The summed E-state index contributed by atoms with van der Waals surface area (Å²) in [5.41, 5.74) is 1.48. The SMILES string of the molecule is O=C(Nc1ccccc1C(=O)Nc1ccc(Br)cc1)C1=CSCCO1. The third-order valence-electron chi connectivity index (χ3n) is 3.39.